The van der Waals surface area contributed by atoms with Gasteiger partial charge in [0.2, 0.25) is 0 Å². The Bertz CT molecular complexity index is 389. The molecule has 0 saturated heterocycles. The lowest BCUT2D eigenvalue weighted by molar-refractivity contribution is 0.820. The Kier molecular flexibility index (Phi) is 2.18. The molecule has 1 aromatic rings. The van der Waals surface area contributed by atoms with Crippen LogP contribution >= 0.6 is 0 Å². The molecule has 0 spiro atoms. The summed E-state index contributed by atoms with van der Waals surface area (Å²) >= 11 is 0. The first-order valence-electron chi connectivity index (χ1n) is 4.47. The summed E-state index contributed by atoms with van der Waals surface area (Å²) in [7, 11) is 0. The summed E-state index contributed by atoms with van der Waals surface area (Å²) in [6, 6.07) is 8.12. The minimum Gasteiger partial charge on any atom is -0.285 e. The second-order valence-electron chi connectivity index (χ2n) is 3.25. The number of rotatable bonds is 1. The van der Waals surface area contributed by atoms with Gasteiger partial charge in [0.15, 0.2) is 5.84 Å². The Balaban J connectivity index is 2.28. The van der Waals surface area contributed by atoms with Crippen molar-refractivity contribution in [3.63, 3.8) is 0 Å². The standard InChI is InChI=1S/C10H12N4/c1-7-3-5-9(6-4-7)10-13-11-8(2)12-14-10/h3-6H,1-2H3,(H,11,12)(H,13,14). The van der Waals surface area contributed by atoms with Crippen LogP contribution in [0.2, 0.25) is 0 Å². The molecule has 0 saturated carbocycles. The summed E-state index contributed by atoms with van der Waals surface area (Å²) in [6.07, 6.45) is 0. The van der Waals surface area contributed by atoms with Crippen molar-refractivity contribution in [2.24, 2.45) is 10.2 Å². The number of hydrazine groups is 1. The molecule has 0 unspecified atom stereocenters. The summed E-state index contributed by atoms with van der Waals surface area (Å²) in [4.78, 5) is 0. The SMILES string of the molecule is CC1=NN=C(c2ccc(C)cc2)NN1. The van der Waals surface area contributed by atoms with E-state index < -0.39 is 0 Å². The van der Waals surface area contributed by atoms with E-state index >= 15 is 0 Å². The predicted octanol–water partition coefficient (Wildman–Crippen LogP) is 1.18. The van der Waals surface area contributed by atoms with Crippen LogP contribution in [0.4, 0.5) is 0 Å². The maximum Gasteiger partial charge on any atom is 0.174 e. The molecule has 0 aliphatic carbocycles. The van der Waals surface area contributed by atoms with Crippen LogP contribution in [-0.4, -0.2) is 11.7 Å². The Morgan fingerprint density at radius 2 is 1.64 bits per heavy atom. The van der Waals surface area contributed by atoms with Gasteiger partial charge in [-0.25, -0.2) is 0 Å². The smallest absolute Gasteiger partial charge is 0.174 e. The van der Waals surface area contributed by atoms with E-state index in [-0.39, 0.29) is 0 Å². The first-order chi connectivity index (χ1) is 6.75. The highest BCUT2D eigenvalue weighted by Gasteiger charge is 2.06. The van der Waals surface area contributed by atoms with Crippen molar-refractivity contribution in [2.45, 2.75) is 13.8 Å². The second kappa shape index (κ2) is 3.49. The molecule has 0 amide bonds. The molecule has 0 fully saturated rings. The third kappa shape index (κ3) is 1.74. The number of nitrogens with zero attached hydrogens (tertiary/aromatic N) is 2. The lowest BCUT2D eigenvalue weighted by Crippen LogP contribution is -2.43. The number of nitrogens with one attached hydrogen (secondary N) is 2. The van der Waals surface area contributed by atoms with Gasteiger partial charge >= 0.3 is 0 Å². The van der Waals surface area contributed by atoms with E-state index in [2.05, 4.69) is 28.0 Å². The number of aryl methyl sites for hydroxylation is 1. The van der Waals surface area contributed by atoms with Gasteiger partial charge in [-0.15, -0.1) is 10.2 Å². The molecule has 72 valence electrons. The van der Waals surface area contributed by atoms with Gasteiger partial charge in [0.05, 0.1) is 0 Å². The fourth-order valence-corrected chi connectivity index (χ4v) is 1.17. The van der Waals surface area contributed by atoms with Crippen LogP contribution in [-0.2, 0) is 0 Å². The Morgan fingerprint density at radius 3 is 2.21 bits per heavy atom. The average Bonchev–Trinajstić information content (AvgIpc) is 2.21. The van der Waals surface area contributed by atoms with Gasteiger partial charge in [-0.3, -0.25) is 10.9 Å². The Labute approximate surface area is 82.7 Å². The van der Waals surface area contributed by atoms with Crippen LogP contribution in [0.15, 0.2) is 34.5 Å². The molecule has 0 radical (unpaired) electrons. The lowest BCUT2D eigenvalue weighted by atomic mass is 10.1. The van der Waals surface area contributed by atoms with Gasteiger partial charge in [0, 0.05) is 5.56 Å². The Hall–Kier alpha value is -1.84. The maximum absolute atomic E-state index is 4.04. The molecule has 1 aromatic carbocycles. The van der Waals surface area contributed by atoms with Gasteiger partial charge in [-0.2, -0.15) is 0 Å². The Morgan fingerprint density at radius 1 is 0.929 bits per heavy atom. The highest BCUT2D eigenvalue weighted by molar-refractivity contribution is 6.01. The molecule has 1 aliphatic heterocycles. The molecule has 2 rings (SSSR count). The van der Waals surface area contributed by atoms with Crippen LogP contribution in [0.5, 0.6) is 0 Å². The zero-order valence-corrected chi connectivity index (χ0v) is 8.20. The molecular formula is C10H12N4. The van der Waals surface area contributed by atoms with Crippen molar-refractivity contribution in [2.75, 3.05) is 0 Å². The second-order valence-corrected chi connectivity index (χ2v) is 3.25. The minimum atomic E-state index is 0.746. The van der Waals surface area contributed by atoms with Crippen LogP contribution in [0.1, 0.15) is 18.1 Å². The van der Waals surface area contributed by atoms with E-state index in [0.29, 0.717) is 0 Å². The maximum atomic E-state index is 4.04. The first kappa shape index (κ1) is 8.74. The predicted molar refractivity (Wildman–Crippen MR) is 57.1 cm³/mol. The van der Waals surface area contributed by atoms with E-state index in [1.54, 1.807) is 0 Å². The van der Waals surface area contributed by atoms with Crippen LogP contribution in [0, 0.1) is 6.92 Å². The van der Waals surface area contributed by atoms with Crippen molar-refractivity contribution in [1.29, 1.82) is 0 Å². The molecule has 0 bridgehead atoms. The molecule has 0 atom stereocenters. The molecule has 0 aromatic heterocycles. The molecule has 4 nitrogen and oxygen atoms in total. The highest BCUT2D eigenvalue weighted by Crippen LogP contribution is 2.04. The molecule has 4 heteroatoms. The first-order valence-corrected chi connectivity index (χ1v) is 4.47. The molecular weight excluding hydrogens is 176 g/mol. The normalized spacial score (nSPS) is 15.0. The van der Waals surface area contributed by atoms with Crippen molar-refractivity contribution in [1.82, 2.24) is 10.9 Å². The van der Waals surface area contributed by atoms with Crippen molar-refractivity contribution in [3.8, 4) is 0 Å². The summed E-state index contributed by atoms with van der Waals surface area (Å²) in [5.41, 5.74) is 8.15. The monoisotopic (exact) mass is 188 g/mol. The number of hydrogen-bond acceptors (Lipinski definition) is 4. The molecule has 1 heterocycles. The van der Waals surface area contributed by atoms with Crippen LogP contribution in [0.3, 0.4) is 0 Å². The quantitative estimate of drug-likeness (QED) is 0.695. The van der Waals surface area contributed by atoms with E-state index in [1.165, 1.54) is 5.56 Å². The average molecular weight is 188 g/mol. The fourth-order valence-electron chi connectivity index (χ4n) is 1.17. The molecule has 2 N–H and O–H groups in total. The molecule has 14 heavy (non-hydrogen) atoms. The fraction of sp³-hybridized carbons (Fsp3) is 0.200. The topological polar surface area (TPSA) is 48.8 Å². The van der Waals surface area contributed by atoms with Gasteiger partial charge in [-0.05, 0) is 13.8 Å². The zero-order valence-electron chi connectivity index (χ0n) is 8.20. The zero-order chi connectivity index (χ0) is 9.97. The lowest BCUT2D eigenvalue weighted by Gasteiger charge is -2.14. The van der Waals surface area contributed by atoms with Crippen LogP contribution in [0.25, 0.3) is 0 Å². The van der Waals surface area contributed by atoms with E-state index in [4.69, 9.17) is 0 Å². The van der Waals surface area contributed by atoms with E-state index in [0.717, 1.165) is 17.2 Å². The van der Waals surface area contributed by atoms with E-state index in [1.807, 2.05) is 31.2 Å². The minimum absolute atomic E-state index is 0.746. The summed E-state index contributed by atoms with van der Waals surface area (Å²) in [5, 5.41) is 7.98. The molecule has 1 aliphatic rings. The summed E-state index contributed by atoms with van der Waals surface area (Å²) < 4.78 is 0. The summed E-state index contributed by atoms with van der Waals surface area (Å²) in [6.45, 7) is 3.91. The number of hydrogen-bond donors (Lipinski definition) is 2. The largest absolute Gasteiger partial charge is 0.285 e. The third-order valence-electron chi connectivity index (χ3n) is 1.99. The van der Waals surface area contributed by atoms with Crippen LogP contribution < -0.4 is 10.9 Å². The van der Waals surface area contributed by atoms with Gasteiger partial charge < -0.3 is 0 Å². The van der Waals surface area contributed by atoms with Gasteiger partial charge in [-0.1, -0.05) is 29.8 Å². The third-order valence-corrected chi connectivity index (χ3v) is 1.99. The van der Waals surface area contributed by atoms with Gasteiger partial charge in [0.25, 0.3) is 0 Å². The highest BCUT2D eigenvalue weighted by atomic mass is 15.5. The number of amidine groups is 2. The van der Waals surface area contributed by atoms with Crippen molar-refractivity contribution >= 4 is 11.7 Å². The van der Waals surface area contributed by atoms with E-state index in [9.17, 15) is 0 Å². The summed E-state index contributed by atoms with van der Waals surface area (Å²) in [5.74, 6) is 1.51. The van der Waals surface area contributed by atoms with Gasteiger partial charge in [0.1, 0.15) is 5.84 Å². The number of benzene rings is 1. The van der Waals surface area contributed by atoms with Crippen molar-refractivity contribution in [3.05, 3.63) is 35.4 Å². The van der Waals surface area contributed by atoms with Crippen molar-refractivity contribution < 1.29 is 0 Å².